The lowest BCUT2D eigenvalue weighted by Crippen LogP contribution is -2.57. The molecule has 2 aromatic heterocycles. The standard InChI is InChI=1S/C24H16F5N5O3S/c1-36-23-32-19-10(22(33-23)34-6-8-2-9(7-34)37-8)3-12(24(27,28)29)16(18(19)26)17-14(35)4-13(25)20-15(17)11(5-30)21(31)38-20/h3-4,8-9,35H,2,6-7,31H2,1H3. The molecule has 2 aromatic carbocycles. The molecule has 7 rings (SSSR count). The Bertz CT molecular complexity index is 1680. The highest BCUT2D eigenvalue weighted by atomic mass is 32.1. The highest BCUT2D eigenvalue weighted by Crippen LogP contribution is 2.51. The number of thiophene rings is 1. The number of phenolic OH excluding ortho intramolecular Hbond substituents is 1. The zero-order chi connectivity index (χ0) is 27.1. The number of fused-ring (bicyclic) bond motifs is 4. The van der Waals surface area contributed by atoms with Crippen LogP contribution in [0.5, 0.6) is 11.8 Å². The summed E-state index contributed by atoms with van der Waals surface area (Å²) in [5.41, 5.74) is 1.65. The van der Waals surface area contributed by atoms with Gasteiger partial charge in [-0.3, -0.25) is 0 Å². The summed E-state index contributed by atoms with van der Waals surface area (Å²) in [5.74, 6) is -3.44. The first-order chi connectivity index (χ1) is 18.0. The van der Waals surface area contributed by atoms with Gasteiger partial charge in [0.2, 0.25) is 0 Å². The lowest BCUT2D eigenvalue weighted by Gasteiger charge is -2.47. The van der Waals surface area contributed by atoms with Crippen molar-refractivity contribution in [3.05, 3.63) is 34.9 Å². The van der Waals surface area contributed by atoms with Crippen LogP contribution in [-0.2, 0) is 10.9 Å². The van der Waals surface area contributed by atoms with Crippen LogP contribution in [0.1, 0.15) is 17.5 Å². The number of hydrogen-bond donors (Lipinski definition) is 2. The number of hydrogen-bond acceptors (Lipinski definition) is 9. The van der Waals surface area contributed by atoms with Crippen LogP contribution in [0.3, 0.4) is 0 Å². The molecule has 2 unspecified atom stereocenters. The number of methoxy groups -OCH3 is 1. The third-order valence-corrected chi connectivity index (χ3v) is 7.75. The molecule has 2 atom stereocenters. The van der Waals surface area contributed by atoms with E-state index in [2.05, 4.69) is 9.97 Å². The van der Waals surface area contributed by atoms with E-state index in [0.29, 0.717) is 36.6 Å². The average Bonchev–Trinajstić information content (AvgIpc) is 3.19. The predicted octanol–water partition coefficient (Wildman–Crippen LogP) is 4.95. The number of rotatable bonds is 3. The van der Waals surface area contributed by atoms with Gasteiger partial charge in [-0.25, -0.2) is 8.78 Å². The van der Waals surface area contributed by atoms with E-state index < -0.39 is 51.2 Å². The van der Waals surface area contributed by atoms with Crippen LogP contribution >= 0.6 is 11.3 Å². The van der Waals surface area contributed by atoms with Crippen molar-refractivity contribution in [3.8, 4) is 29.0 Å². The van der Waals surface area contributed by atoms with Gasteiger partial charge in [-0.05, 0) is 6.07 Å². The lowest BCUT2D eigenvalue weighted by molar-refractivity contribution is -0.137. The van der Waals surface area contributed by atoms with Gasteiger partial charge in [0.05, 0.1) is 35.1 Å². The van der Waals surface area contributed by atoms with Crippen molar-refractivity contribution >= 4 is 43.1 Å². The van der Waals surface area contributed by atoms with Crippen LogP contribution < -0.4 is 15.4 Å². The fourth-order valence-corrected chi connectivity index (χ4v) is 6.06. The molecule has 3 fully saturated rings. The van der Waals surface area contributed by atoms with Crippen molar-refractivity contribution in [2.75, 3.05) is 30.8 Å². The summed E-state index contributed by atoms with van der Waals surface area (Å²) < 4.78 is 85.0. The number of anilines is 2. The van der Waals surface area contributed by atoms with E-state index in [4.69, 9.17) is 15.2 Å². The van der Waals surface area contributed by atoms with Crippen LogP contribution in [0, 0.1) is 23.0 Å². The predicted molar refractivity (Wildman–Crippen MR) is 128 cm³/mol. The Morgan fingerprint density at radius 3 is 2.50 bits per heavy atom. The van der Waals surface area contributed by atoms with E-state index in [1.165, 1.54) is 7.11 Å². The molecule has 3 aliphatic heterocycles. The normalized spacial score (nSPS) is 19.0. The van der Waals surface area contributed by atoms with E-state index in [1.54, 1.807) is 11.0 Å². The molecule has 2 bridgehead atoms. The minimum Gasteiger partial charge on any atom is -0.507 e. The summed E-state index contributed by atoms with van der Waals surface area (Å²) in [5, 5.41) is 19.4. The number of benzene rings is 2. The van der Waals surface area contributed by atoms with Gasteiger partial charge < -0.3 is 25.2 Å². The van der Waals surface area contributed by atoms with Crippen LogP contribution in [0.4, 0.5) is 32.8 Å². The first-order valence-electron chi connectivity index (χ1n) is 11.2. The van der Waals surface area contributed by atoms with Crippen LogP contribution in [0.15, 0.2) is 12.1 Å². The van der Waals surface area contributed by atoms with Gasteiger partial charge >= 0.3 is 12.2 Å². The Morgan fingerprint density at radius 2 is 1.89 bits per heavy atom. The molecule has 0 spiro atoms. The van der Waals surface area contributed by atoms with Crippen molar-refractivity contribution in [2.24, 2.45) is 0 Å². The molecule has 3 saturated heterocycles. The molecule has 3 aliphatic rings. The maximum Gasteiger partial charge on any atom is 0.417 e. The average molecular weight is 549 g/mol. The molecule has 8 nitrogen and oxygen atoms in total. The number of nitrogens with two attached hydrogens (primary N) is 1. The molecule has 5 heterocycles. The second-order valence-electron chi connectivity index (χ2n) is 8.97. The van der Waals surface area contributed by atoms with Gasteiger partial charge in [0.1, 0.15) is 34.0 Å². The maximum absolute atomic E-state index is 16.3. The monoisotopic (exact) mass is 549 g/mol. The van der Waals surface area contributed by atoms with Crippen molar-refractivity contribution in [2.45, 2.75) is 24.8 Å². The smallest absolute Gasteiger partial charge is 0.417 e. The number of piperidine rings is 1. The van der Waals surface area contributed by atoms with Gasteiger partial charge in [-0.2, -0.15) is 28.4 Å². The first kappa shape index (κ1) is 24.4. The summed E-state index contributed by atoms with van der Waals surface area (Å²) >= 11 is 0.603. The summed E-state index contributed by atoms with van der Waals surface area (Å²) in [6.45, 7) is 0.658. The second-order valence-corrected chi connectivity index (χ2v) is 10.0. The molecule has 196 valence electrons. The number of nitriles is 1. The van der Waals surface area contributed by atoms with E-state index in [9.17, 15) is 27.9 Å². The fraction of sp³-hybridized carbons (Fsp3) is 0.292. The topological polar surface area (TPSA) is 118 Å². The Hall–Kier alpha value is -3.96. The number of halogens is 5. The number of ether oxygens (including phenoxy) is 2. The number of alkyl halides is 3. The molecule has 0 amide bonds. The van der Waals surface area contributed by atoms with Gasteiger partial charge in [0.15, 0.2) is 5.82 Å². The largest absolute Gasteiger partial charge is 0.507 e. The van der Waals surface area contributed by atoms with Crippen molar-refractivity contribution < 1.29 is 36.5 Å². The van der Waals surface area contributed by atoms with E-state index in [0.717, 1.165) is 6.42 Å². The zero-order valence-electron chi connectivity index (χ0n) is 19.4. The number of morpholine rings is 1. The third-order valence-electron chi connectivity index (χ3n) is 6.72. The summed E-state index contributed by atoms with van der Waals surface area (Å²) in [6, 6.07) is 2.68. The Balaban J connectivity index is 1.73. The molecular formula is C24H16F5N5O3S. The summed E-state index contributed by atoms with van der Waals surface area (Å²) in [6.07, 6.45) is -4.59. The molecule has 38 heavy (non-hydrogen) atoms. The summed E-state index contributed by atoms with van der Waals surface area (Å²) in [4.78, 5) is 9.90. The molecule has 0 saturated carbocycles. The highest BCUT2D eigenvalue weighted by Gasteiger charge is 2.42. The number of nitrogens with zero attached hydrogens (tertiary/aromatic N) is 4. The Labute approximate surface area is 214 Å². The van der Waals surface area contributed by atoms with Gasteiger partial charge in [0.25, 0.3) is 0 Å². The zero-order valence-corrected chi connectivity index (χ0v) is 20.2. The van der Waals surface area contributed by atoms with Crippen LogP contribution in [0.2, 0.25) is 0 Å². The highest BCUT2D eigenvalue weighted by molar-refractivity contribution is 7.23. The van der Waals surface area contributed by atoms with Crippen molar-refractivity contribution in [1.82, 2.24) is 9.97 Å². The number of phenols is 1. The van der Waals surface area contributed by atoms with Gasteiger partial charge in [-0.15, -0.1) is 11.3 Å². The number of nitrogen functional groups attached to an aromatic ring is 1. The molecular weight excluding hydrogens is 533 g/mol. The number of aromatic hydroxyl groups is 1. The minimum atomic E-state index is -5.13. The van der Waals surface area contributed by atoms with Gasteiger partial charge in [0, 0.05) is 47.5 Å². The Morgan fingerprint density at radius 1 is 1.21 bits per heavy atom. The quantitative estimate of drug-likeness (QED) is 0.345. The van der Waals surface area contributed by atoms with Crippen LogP contribution in [-0.4, -0.2) is 47.5 Å². The SMILES string of the molecule is COc1nc(N2CC3CC(C2)O3)c2cc(C(F)(F)F)c(-c3c(O)cc(F)c4sc(N)c(C#N)c34)c(F)c2n1. The Kier molecular flexibility index (Phi) is 5.31. The van der Waals surface area contributed by atoms with Crippen LogP contribution in [0.25, 0.3) is 32.1 Å². The van der Waals surface area contributed by atoms with Crippen molar-refractivity contribution in [3.63, 3.8) is 0 Å². The molecule has 4 aromatic rings. The first-order valence-corrected chi connectivity index (χ1v) is 12.0. The third kappa shape index (κ3) is 3.49. The van der Waals surface area contributed by atoms with Gasteiger partial charge in [-0.1, -0.05) is 0 Å². The molecule has 0 aliphatic carbocycles. The van der Waals surface area contributed by atoms with E-state index in [1.807, 2.05) is 0 Å². The molecule has 14 heteroatoms. The minimum absolute atomic E-state index is 0.0340. The molecule has 0 radical (unpaired) electrons. The lowest BCUT2D eigenvalue weighted by atomic mass is 9.91. The van der Waals surface area contributed by atoms with E-state index >= 15 is 4.39 Å². The maximum atomic E-state index is 16.3. The van der Waals surface area contributed by atoms with E-state index in [-0.39, 0.29) is 44.7 Å². The summed E-state index contributed by atoms with van der Waals surface area (Å²) in [7, 11) is 1.23. The van der Waals surface area contributed by atoms with Crippen molar-refractivity contribution in [1.29, 1.82) is 5.26 Å². The fourth-order valence-electron chi connectivity index (χ4n) is 5.13. The second kappa shape index (κ2) is 8.27. The molecule has 3 N–H and O–H groups in total. The number of aromatic nitrogens is 2.